The van der Waals surface area contributed by atoms with Gasteiger partial charge in [-0.2, -0.15) is 0 Å². The minimum atomic E-state index is -3.46. The molecule has 8 nitrogen and oxygen atoms in total. The smallest absolute Gasteiger partial charge is 0.434 e. The van der Waals surface area contributed by atoms with E-state index in [0.717, 1.165) is 12.8 Å². The third-order valence-corrected chi connectivity index (χ3v) is 5.41. The van der Waals surface area contributed by atoms with E-state index >= 15 is 0 Å². The van der Waals surface area contributed by atoms with E-state index < -0.39 is 45.6 Å². The highest BCUT2D eigenvalue weighted by Gasteiger charge is 2.31. The second-order valence-electron chi connectivity index (χ2n) is 6.26. The monoisotopic (exact) mass is 486 g/mol. The fraction of sp³-hybridized carbons (Fsp3) is 0.556. The summed E-state index contributed by atoms with van der Waals surface area (Å²) in [5.74, 6) is -0.874. The Morgan fingerprint density at radius 3 is 2.33 bits per heavy atom. The lowest BCUT2D eigenvalue weighted by Gasteiger charge is -2.26. The SMILES string of the molecule is CCNCCCOC(=O)OC(c1ccc(S(C)(=O)=O)cc1)C(CF)NC(=O)C(Cl)Cl. The fourth-order valence-electron chi connectivity index (χ4n) is 2.40. The van der Waals surface area contributed by atoms with Crippen LogP contribution in [0.4, 0.5) is 9.18 Å². The number of carbonyl (C=O) groups excluding carboxylic acids is 2. The first-order chi connectivity index (χ1) is 14.1. The van der Waals surface area contributed by atoms with Crippen molar-refractivity contribution in [2.45, 2.75) is 35.2 Å². The number of rotatable bonds is 12. The van der Waals surface area contributed by atoms with Gasteiger partial charge in [-0.1, -0.05) is 42.3 Å². The van der Waals surface area contributed by atoms with Crippen LogP contribution in [0, 0.1) is 0 Å². The molecular formula is C18H25Cl2FN2O6S. The van der Waals surface area contributed by atoms with Crippen LogP contribution >= 0.6 is 23.2 Å². The van der Waals surface area contributed by atoms with Gasteiger partial charge in [0, 0.05) is 6.26 Å². The van der Waals surface area contributed by atoms with Crippen LogP contribution in [0.25, 0.3) is 0 Å². The molecule has 0 radical (unpaired) electrons. The van der Waals surface area contributed by atoms with Crippen molar-refractivity contribution in [1.29, 1.82) is 0 Å². The average molecular weight is 487 g/mol. The number of sulfone groups is 1. The third-order valence-electron chi connectivity index (χ3n) is 3.89. The van der Waals surface area contributed by atoms with Crippen molar-refractivity contribution >= 4 is 45.1 Å². The van der Waals surface area contributed by atoms with Crippen molar-refractivity contribution in [2.75, 3.05) is 32.6 Å². The predicted octanol–water partition coefficient (Wildman–Crippen LogP) is 2.54. The normalized spacial score (nSPS) is 13.5. The van der Waals surface area contributed by atoms with E-state index in [-0.39, 0.29) is 17.1 Å². The number of hydrogen-bond donors (Lipinski definition) is 2. The second kappa shape index (κ2) is 12.9. The summed E-state index contributed by atoms with van der Waals surface area (Å²) in [5, 5.41) is 5.32. The van der Waals surface area contributed by atoms with Gasteiger partial charge in [0.1, 0.15) is 6.67 Å². The molecular weight excluding hydrogens is 462 g/mol. The van der Waals surface area contributed by atoms with Crippen molar-refractivity contribution in [1.82, 2.24) is 10.6 Å². The number of alkyl halides is 3. The van der Waals surface area contributed by atoms with Crippen molar-refractivity contribution in [3.8, 4) is 0 Å². The molecule has 2 N–H and O–H groups in total. The highest BCUT2D eigenvalue weighted by molar-refractivity contribution is 7.90. The van der Waals surface area contributed by atoms with Crippen LogP contribution in [-0.2, 0) is 24.1 Å². The van der Waals surface area contributed by atoms with E-state index in [1.807, 2.05) is 6.92 Å². The van der Waals surface area contributed by atoms with Gasteiger partial charge in [-0.15, -0.1) is 0 Å². The molecule has 0 spiro atoms. The Morgan fingerprint density at radius 1 is 1.20 bits per heavy atom. The van der Waals surface area contributed by atoms with Crippen LogP contribution in [0.1, 0.15) is 25.0 Å². The first-order valence-corrected chi connectivity index (χ1v) is 11.8. The van der Waals surface area contributed by atoms with Crippen molar-refractivity contribution < 1.29 is 31.9 Å². The van der Waals surface area contributed by atoms with E-state index in [9.17, 15) is 22.4 Å². The molecule has 2 atom stereocenters. The number of hydrogen-bond acceptors (Lipinski definition) is 7. The van der Waals surface area contributed by atoms with E-state index in [4.69, 9.17) is 32.7 Å². The van der Waals surface area contributed by atoms with Gasteiger partial charge in [-0.3, -0.25) is 4.79 Å². The van der Waals surface area contributed by atoms with Crippen LogP contribution in [0.3, 0.4) is 0 Å². The van der Waals surface area contributed by atoms with Gasteiger partial charge in [-0.25, -0.2) is 17.6 Å². The van der Waals surface area contributed by atoms with Gasteiger partial charge in [-0.05, 0) is 37.2 Å². The summed E-state index contributed by atoms with van der Waals surface area (Å²) < 4.78 is 47.2. The summed E-state index contributed by atoms with van der Waals surface area (Å²) in [4.78, 5) is 22.4. The highest BCUT2D eigenvalue weighted by Crippen LogP contribution is 2.25. The molecule has 0 saturated heterocycles. The standard InChI is InChI=1S/C18H25Cl2FN2O6S/c1-3-22-9-4-10-28-18(25)29-15(14(11-21)23-17(24)16(19)20)12-5-7-13(8-6-12)30(2,26)27/h5-8,14-16,22H,3-4,9-11H2,1-2H3,(H,23,24). The summed E-state index contributed by atoms with van der Waals surface area (Å²) in [6.07, 6.45) is -0.794. The Bertz CT molecular complexity index is 792. The Labute approximate surface area is 185 Å². The molecule has 30 heavy (non-hydrogen) atoms. The molecule has 1 aromatic carbocycles. The van der Waals surface area contributed by atoms with Gasteiger partial charge in [0.15, 0.2) is 20.8 Å². The Balaban J connectivity index is 3.00. The zero-order valence-corrected chi connectivity index (χ0v) is 18.9. The second-order valence-corrected chi connectivity index (χ2v) is 9.37. The van der Waals surface area contributed by atoms with Crippen LogP contribution in [0.5, 0.6) is 0 Å². The van der Waals surface area contributed by atoms with Gasteiger partial charge in [0.05, 0.1) is 17.5 Å². The van der Waals surface area contributed by atoms with Crippen LogP contribution in [-0.4, -0.2) is 64.0 Å². The molecule has 0 bridgehead atoms. The molecule has 0 heterocycles. The van der Waals surface area contributed by atoms with Gasteiger partial charge in [0.2, 0.25) is 0 Å². The minimum absolute atomic E-state index is 0.0263. The largest absolute Gasteiger partial charge is 0.508 e. The van der Waals surface area contributed by atoms with Crippen molar-refractivity contribution in [3.63, 3.8) is 0 Å². The molecule has 1 aromatic rings. The number of nitrogens with one attached hydrogen (secondary N) is 2. The molecule has 1 rings (SSSR count). The predicted molar refractivity (Wildman–Crippen MR) is 111 cm³/mol. The van der Waals surface area contributed by atoms with Gasteiger partial charge < -0.3 is 20.1 Å². The highest BCUT2D eigenvalue weighted by atomic mass is 35.5. The number of benzene rings is 1. The van der Waals surface area contributed by atoms with Crippen LogP contribution in [0.2, 0.25) is 0 Å². The molecule has 2 unspecified atom stereocenters. The lowest BCUT2D eigenvalue weighted by molar-refractivity contribution is -0.121. The quantitative estimate of drug-likeness (QED) is 0.265. The summed E-state index contributed by atoms with van der Waals surface area (Å²) >= 11 is 11.0. The maximum absolute atomic E-state index is 13.7. The molecule has 0 aliphatic heterocycles. The number of halogens is 3. The lowest BCUT2D eigenvalue weighted by atomic mass is 10.0. The van der Waals surface area contributed by atoms with E-state index in [0.29, 0.717) is 13.0 Å². The number of amides is 1. The van der Waals surface area contributed by atoms with Crippen molar-refractivity contribution in [2.24, 2.45) is 0 Å². The number of carbonyl (C=O) groups is 2. The topological polar surface area (TPSA) is 111 Å². The molecule has 0 fully saturated rings. The van der Waals surface area contributed by atoms with Gasteiger partial charge in [0.25, 0.3) is 5.91 Å². The molecule has 12 heteroatoms. The summed E-state index contributed by atoms with van der Waals surface area (Å²) in [6, 6.07) is 3.95. The Kier molecular flexibility index (Phi) is 11.4. The first kappa shape index (κ1) is 26.4. The number of ether oxygens (including phenoxy) is 2. The Hall–Kier alpha value is -1.62. The van der Waals surface area contributed by atoms with Crippen LogP contribution in [0.15, 0.2) is 29.2 Å². The lowest BCUT2D eigenvalue weighted by Crippen LogP contribution is -2.44. The fourth-order valence-corrected chi connectivity index (χ4v) is 3.15. The molecule has 1 amide bonds. The minimum Gasteiger partial charge on any atom is -0.434 e. The molecule has 0 aliphatic carbocycles. The summed E-state index contributed by atoms with van der Waals surface area (Å²) in [5.41, 5.74) is 0.246. The molecule has 0 aromatic heterocycles. The maximum atomic E-state index is 13.7. The summed E-state index contributed by atoms with van der Waals surface area (Å²) in [6.45, 7) is 2.31. The van der Waals surface area contributed by atoms with E-state index in [1.165, 1.54) is 24.3 Å². The van der Waals surface area contributed by atoms with Crippen LogP contribution < -0.4 is 10.6 Å². The molecule has 0 aliphatic rings. The van der Waals surface area contributed by atoms with Crippen molar-refractivity contribution in [3.05, 3.63) is 29.8 Å². The third kappa shape index (κ3) is 9.03. The summed E-state index contributed by atoms with van der Waals surface area (Å²) in [7, 11) is -3.46. The zero-order chi connectivity index (χ0) is 22.7. The van der Waals surface area contributed by atoms with E-state index in [1.54, 1.807) is 0 Å². The molecule has 0 saturated carbocycles. The average Bonchev–Trinajstić information content (AvgIpc) is 2.69. The van der Waals surface area contributed by atoms with E-state index in [2.05, 4.69) is 10.6 Å². The van der Waals surface area contributed by atoms with Gasteiger partial charge >= 0.3 is 6.16 Å². The molecule has 170 valence electrons. The first-order valence-electron chi connectivity index (χ1n) is 9.08. The zero-order valence-electron chi connectivity index (χ0n) is 16.6. The Morgan fingerprint density at radius 2 is 1.83 bits per heavy atom. The maximum Gasteiger partial charge on any atom is 0.508 e.